The summed E-state index contributed by atoms with van der Waals surface area (Å²) in [5.74, 6) is -0.538. The third kappa shape index (κ3) is 3.52. The molecule has 0 saturated heterocycles. The molecular formula is C10H17N5O3. The van der Waals surface area contributed by atoms with Crippen molar-refractivity contribution in [1.82, 2.24) is 20.8 Å². The van der Waals surface area contributed by atoms with Crippen molar-refractivity contribution in [3.05, 3.63) is 21.5 Å². The van der Waals surface area contributed by atoms with E-state index in [2.05, 4.69) is 20.8 Å². The van der Waals surface area contributed by atoms with Crippen molar-refractivity contribution < 1.29 is 9.72 Å². The number of aryl methyl sites for hydroxylation is 1. The van der Waals surface area contributed by atoms with E-state index in [1.807, 2.05) is 6.92 Å². The first kappa shape index (κ1) is 14.1. The maximum atomic E-state index is 11.7. The number of amides is 1. The molecule has 1 heterocycles. The minimum Gasteiger partial charge on any atom is -0.349 e. The molecule has 1 aromatic heterocycles. The number of nitrogens with one attached hydrogen (secondary N) is 3. The summed E-state index contributed by atoms with van der Waals surface area (Å²) in [4.78, 5) is 21.9. The van der Waals surface area contributed by atoms with Crippen molar-refractivity contribution in [2.24, 2.45) is 0 Å². The van der Waals surface area contributed by atoms with E-state index < -0.39 is 10.8 Å². The quantitative estimate of drug-likeness (QED) is 0.370. The summed E-state index contributed by atoms with van der Waals surface area (Å²) >= 11 is 0. The van der Waals surface area contributed by atoms with Gasteiger partial charge in [0.1, 0.15) is 5.69 Å². The molecule has 8 nitrogen and oxygen atoms in total. The Bertz CT molecular complexity index is 429. The molecule has 1 amide bonds. The van der Waals surface area contributed by atoms with Crippen molar-refractivity contribution in [3.8, 4) is 0 Å². The lowest BCUT2D eigenvalue weighted by molar-refractivity contribution is -0.385. The number of nitrogens with zero attached hydrogens (tertiary/aromatic N) is 2. The molecule has 3 N–H and O–H groups in total. The molecule has 1 rings (SSSR count). The fraction of sp³-hybridized carbons (Fsp3) is 0.600. The fourth-order valence-corrected chi connectivity index (χ4v) is 1.45. The highest BCUT2D eigenvalue weighted by molar-refractivity contribution is 5.96. The maximum Gasteiger partial charge on any atom is 0.322 e. The molecule has 0 bridgehead atoms. The summed E-state index contributed by atoms with van der Waals surface area (Å²) in [7, 11) is 0. The van der Waals surface area contributed by atoms with E-state index in [0.717, 1.165) is 13.0 Å². The molecule has 0 unspecified atom stereocenters. The molecule has 0 aromatic carbocycles. The number of nitro groups is 1. The molecule has 18 heavy (non-hydrogen) atoms. The average Bonchev–Trinajstić information content (AvgIpc) is 2.70. The predicted octanol–water partition coefficient (Wildman–Crippen LogP) is 0.356. The van der Waals surface area contributed by atoms with Crippen LogP contribution in [0.15, 0.2) is 0 Å². The highest BCUT2D eigenvalue weighted by Gasteiger charge is 2.26. The lowest BCUT2D eigenvalue weighted by Crippen LogP contribution is -2.32. The van der Waals surface area contributed by atoms with Crippen molar-refractivity contribution in [2.75, 3.05) is 19.6 Å². The highest BCUT2D eigenvalue weighted by Crippen LogP contribution is 2.19. The Morgan fingerprint density at radius 2 is 2.17 bits per heavy atom. The Morgan fingerprint density at radius 1 is 1.44 bits per heavy atom. The van der Waals surface area contributed by atoms with E-state index in [-0.39, 0.29) is 17.1 Å². The second-order valence-electron chi connectivity index (χ2n) is 3.81. The van der Waals surface area contributed by atoms with Crippen molar-refractivity contribution in [3.63, 3.8) is 0 Å². The van der Waals surface area contributed by atoms with Crippen molar-refractivity contribution in [1.29, 1.82) is 0 Å². The third-order valence-electron chi connectivity index (χ3n) is 2.33. The fourth-order valence-electron chi connectivity index (χ4n) is 1.45. The molecule has 0 atom stereocenters. The number of hydrogen-bond acceptors (Lipinski definition) is 5. The van der Waals surface area contributed by atoms with Crippen LogP contribution < -0.4 is 10.6 Å². The van der Waals surface area contributed by atoms with Crippen LogP contribution in [0, 0.1) is 17.0 Å². The van der Waals surface area contributed by atoms with Crippen LogP contribution in [-0.4, -0.2) is 40.7 Å². The number of rotatable bonds is 7. The van der Waals surface area contributed by atoms with E-state index in [4.69, 9.17) is 0 Å². The first-order chi connectivity index (χ1) is 8.57. The summed E-state index contributed by atoms with van der Waals surface area (Å²) in [6, 6.07) is 0. The molecular weight excluding hydrogens is 238 g/mol. The van der Waals surface area contributed by atoms with E-state index in [1.165, 1.54) is 6.92 Å². The normalized spacial score (nSPS) is 10.3. The molecule has 0 fully saturated rings. The molecule has 100 valence electrons. The Hall–Kier alpha value is -1.96. The topological polar surface area (TPSA) is 113 Å². The number of aromatic amines is 1. The highest BCUT2D eigenvalue weighted by atomic mass is 16.6. The second-order valence-corrected chi connectivity index (χ2v) is 3.81. The van der Waals surface area contributed by atoms with Gasteiger partial charge < -0.3 is 10.6 Å². The van der Waals surface area contributed by atoms with Gasteiger partial charge in [-0.1, -0.05) is 6.92 Å². The summed E-state index contributed by atoms with van der Waals surface area (Å²) < 4.78 is 0. The van der Waals surface area contributed by atoms with Gasteiger partial charge >= 0.3 is 5.69 Å². The summed E-state index contributed by atoms with van der Waals surface area (Å²) in [5, 5.41) is 22.6. The van der Waals surface area contributed by atoms with Crippen LogP contribution >= 0.6 is 0 Å². The van der Waals surface area contributed by atoms with Crippen LogP contribution in [0.2, 0.25) is 0 Å². The van der Waals surface area contributed by atoms with Gasteiger partial charge in [0.2, 0.25) is 5.69 Å². The van der Waals surface area contributed by atoms with Crippen LogP contribution in [-0.2, 0) is 0 Å². The van der Waals surface area contributed by atoms with Gasteiger partial charge in [-0.2, -0.15) is 5.10 Å². The van der Waals surface area contributed by atoms with Gasteiger partial charge in [0.15, 0.2) is 0 Å². The smallest absolute Gasteiger partial charge is 0.322 e. The predicted molar refractivity (Wildman–Crippen MR) is 65.5 cm³/mol. The van der Waals surface area contributed by atoms with Gasteiger partial charge in [-0.3, -0.25) is 20.0 Å². The van der Waals surface area contributed by atoms with Crippen LogP contribution in [0.3, 0.4) is 0 Å². The van der Waals surface area contributed by atoms with E-state index >= 15 is 0 Å². The monoisotopic (exact) mass is 255 g/mol. The van der Waals surface area contributed by atoms with Gasteiger partial charge in [0, 0.05) is 13.1 Å². The summed E-state index contributed by atoms with van der Waals surface area (Å²) in [6.45, 7) is 5.45. The number of H-pyrrole nitrogens is 1. The Kier molecular flexibility index (Phi) is 5.25. The van der Waals surface area contributed by atoms with E-state index in [0.29, 0.717) is 13.1 Å². The summed E-state index contributed by atoms with van der Waals surface area (Å²) in [6.07, 6.45) is 1.01. The minimum absolute atomic E-state index is 0.173. The molecule has 0 spiro atoms. The first-order valence-corrected chi connectivity index (χ1v) is 5.76. The van der Waals surface area contributed by atoms with Crippen LogP contribution in [0.5, 0.6) is 0 Å². The van der Waals surface area contributed by atoms with E-state index in [9.17, 15) is 14.9 Å². The van der Waals surface area contributed by atoms with Gasteiger partial charge in [-0.25, -0.2) is 0 Å². The Balaban J connectivity index is 2.54. The number of carbonyl (C=O) groups is 1. The third-order valence-corrected chi connectivity index (χ3v) is 2.33. The standard InChI is InChI=1S/C10H17N5O3/c1-3-4-11-5-6-12-10(16)8-9(15(17)18)7(2)13-14-8/h11H,3-6H2,1-2H3,(H,12,16)(H,13,14). The summed E-state index contributed by atoms with van der Waals surface area (Å²) in [5.41, 5.74) is -0.170. The lowest BCUT2D eigenvalue weighted by Gasteiger charge is -2.04. The lowest BCUT2D eigenvalue weighted by atomic mass is 10.3. The maximum absolute atomic E-state index is 11.7. The number of carbonyl (C=O) groups excluding carboxylic acids is 1. The first-order valence-electron chi connectivity index (χ1n) is 5.76. The average molecular weight is 255 g/mol. The SMILES string of the molecule is CCCNCCNC(=O)c1n[nH]c(C)c1[N+](=O)[O-]. The minimum atomic E-state index is -0.608. The molecule has 0 saturated carbocycles. The van der Waals surface area contributed by atoms with Crippen LogP contribution in [0.25, 0.3) is 0 Å². The van der Waals surface area contributed by atoms with E-state index in [1.54, 1.807) is 0 Å². The number of hydrogen-bond donors (Lipinski definition) is 3. The van der Waals surface area contributed by atoms with Crippen LogP contribution in [0.4, 0.5) is 5.69 Å². The largest absolute Gasteiger partial charge is 0.349 e. The van der Waals surface area contributed by atoms with Gasteiger partial charge in [0.05, 0.1) is 4.92 Å². The van der Waals surface area contributed by atoms with Gasteiger partial charge in [-0.05, 0) is 19.9 Å². The molecule has 1 aromatic rings. The van der Waals surface area contributed by atoms with Gasteiger partial charge in [0.25, 0.3) is 5.91 Å². The zero-order chi connectivity index (χ0) is 13.5. The second kappa shape index (κ2) is 6.70. The molecule has 0 radical (unpaired) electrons. The molecule has 0 aliphatic rings. The van der Waals surface area contributed by atoms with Gasteiger partial charge in [-0.15, -0.1) is 0 Å². The molecule has 0 aliphatic heterocycles. The zero-order valence-corrected chi connectivity index (χ0v) is 10.4. The van der Waals surface area contributed by atoms with Crippen molar-refractivity contribution >= 4 is 11.6 Å². The Labute approximate surface area is 104 Å². The number of aromatic nitrogens is 2. The Morgan fingerprint density at radius 3 is 2.78 bits per heavy atom. The molecule has 0 aliphatic carbocycles. The zero-order valence-electron chi connectivity index (χ0n) is 10.4. The van der Waals surface area contributed by atoms with Crippen molar-refractivity contribution in [2.45, 2.75) is 20.3 Å². The van der Waals surface area contributed by atoms with Crippen LogP contribution in [0.1, 0.15) is 29.5 Å². The molecule has 8 heteroatoms.